The molecular weight excluding hydrogens is 216 g/mol. The van der Waals surface area contributed by atoms with Crippen LogP contribution in [-0.2, 0) is 0 Å². The average Bonchev–Trinajstić information content (AvgIpc) is 3.14. The van der Waals surface area contributed by atoms with Crippen LogP contribution in [0.2, 0.25) is 0 Å². The molecule has 0 heterocycles. The summed E-state index contributed by atoms with van der Waals surface area (Å²) < 4.78 is 0. The van der Waals surface area contributed by atoms with Crippen LogP contribution in [0.15, 0.2) is 0 Å². The van der Waals surface area contributed by atoms with Gasteiger partial charge in [-0.2, -0.15) is 0 Å². The average molecular weight is 242 g/mol. The van der Waals surface area contributed by atoms with Gasteiger partial charge in [-0.05, 0) is 104 Å². The van der Waals surface area contributed by atoms with Gasteiger partial charge in [-0.1, -0.05) is 6.92 Å². The minimum absolute atomic E-state index is 1.09. The first-order chi connectivity index (χ1) is 8.83. The van der Waals surface area contributed by atoms with Crippen molar-refractivity contribution in [1.82, 2.24) is 0 Å². The summed E-state index contributed by atoms with van der Waals surface area (Å²) >= 11 is 0. The van der Waals surface area contributed by atoms with E-state index in [1.807, 2.05) is 0 Å². The van der Waals surface area contributed by atoms with Crippen LogP contribution in [0.4, 0.5) is 0 Å². The van der Waals surface area contributed by atoms with Gasteiger partial charge in [-0.3, -0.25) is 0 Å². The van der Waals surface area contributed by atoms with Gasteiger partial charge in [0.15, 0.2) is 0 Å². The zero-order valence-electron chi connectivity index (χ0n) is 11.6. The second-order valence-electron chi connectivity index (χ2n) is 9.08. The lowest BCUT2D eigenvalue weighted by Gasteiger charge is -2.46. The van der Waals surface area contributed by atoms with Crippen molar-refractivity contribution in [3.8, 4) is 0 Å². The van der Waals surface area contributed by atoms with Gasteiger partial charge in [0.1, 0.15) is 0 Å². The van der Waals surface area contributed by atoms with Crippen LogP contribution in [-0.4, -0.2) is 0 Å². The quantitative estimate of drug-likeness (QED) is 0.558. The van der Waals surface area contributed by atoms with Crippen molar-refractivity contribution in [2.24, 2.45) is 65.1 Å². The Bertz CT molecular complexity index is 412. The number of fused-ring (bicyclic) bond motifs is 16. The summed E-state index contributed by atoms with van der Waals surface area (Å²) in [4.78, 5) is 0. The first-order valence-electron chi connectivity index (χ1n) is 8.83. The normalized spacial score (nSPS) is 74.2. The second-order valence-corrected chi connectivity index (χ2v) is 9.08. The highest BCUT2D eigenvalue weighted by atomic mass is 14.8. The van der Waals surface area contributed by atoms with Gasteiger partial charge in [-0.15, -0.1) is 0 Å². The fraction of sp³-hybridized carbons (Fsp3) is 1.00. The van der Waals surface area contributed by atoms with E-state index in [0.29, 0.717) is 0 Å². The zero-order valence-corrected chi connectivity index (χ0v) is 11.6. The molecule has 6 aliphatic rings. The first kappa shape index (κ1) is 9.83. The van der Waals surface area contributed by atoms with Gasteiger partial charge in [0.25, 0.3) is 0 Å². The van der Waals surface area contributed by atoms with E-state index < -0.39 is 0 Å². The molecule has 11 atom stereocenters. The highest BCUT2D eigenvalue weighted by Crippen LogP contribution is 2.77. The summed E-state index contributed by atoms with van der Waals surface area (Å²) in [5, 5.41) is 0. The van der Waals surface area contributed by atoms with E-state index in [9.17, 15) is 0 Å². The molecule has 0 aromatic carbocycles. The number of hydrogen-bond donors (Lipinski definition) is 0. The van der Waals surface area contributed by atoms with Gasteiger partial charge in [-0.25, -0.2) is 0 Å². The van der Waals surface area contributed by atoms with Crippen molar-refractivity contribution < 1.29 is 0 Å². The summed E-state index contributed by atoms with van der Waals surface area (Å²) in [6, 6.07) is 0. The Morgan fingerprint density at radius 1 is 0.556 bits per heavy atom. The molecule has 6 rings (SSSR count). The number of hydrogen-bond acceptors (Lipinski definition) is 0. The van der Waals surface area contributed by atoms with Gasteiger partial charge < -0.3 is 0 Å². The molecular formula is C18H26. The van der Waals surface area contributed by atoms with Gasteiger partial charge in [0, 0.05) is 0 Å². The molecule has 6 saturated carbocycles. The fourth-order valence-electron chi connectivity index (χ4n) is 9.13. The molecule has 0 radical (unpaired) electrons. The van der Waals surface area contributed by atoms with Crippen molar-refractivity contribution in [1.29, 1.82) is 0 Å². The van der Waals surface area contributed by atoms with Crippen LogP contribution in [0.25, 0.3) is 0 Å². The van der Waals surface area contributed by atoms with Crippen molar-refractivity contribution >= 4 is 0 Å². The highest BCUT2D eigenvalue weighted by Gasteiger charge is 2.70. The molecule has 6 fully saturated rings. The topological polar surface area (TPSA) is 0 Å². The summed E-state index contributed by atoms with van der Waals surface area (Å²) in [7, 11) is 0. The molecule has 6 bridgehead atoms. The smallest absolute Gasteiger partial charge is 0.0318 e. The Balaban J connectivity index is 1.45. The van der Waals surface area contributed by atoms with Crippen molar-refractivity contribution in [3.05, 3.63) is 0 Å². The predicted octanol–water partition coefficient (Wildman–Crippen LogP) is 4.21. The first-order valence-corrected chi connectivity index (χ1v) is 8.83. The van der Waals surface area contributed by atoms with Crippen molar-refractivity contribution in [2.75, 3.05) is 0 Å². The van der Waals surface area contributed by atoms with Gasteiger partial charge in [0.05, 0.1) is 0 Å². The molecule has 98 valence electrons. The predicted molar refractivity (Wildman–Crippen MR) is 71.8 cm³/mol. The minimum atomic E-state index is 1.09. The van der Waals surface area contributed by atoms with Crippen LogP contribution in [0, 0.1) is 65.1 Å². The standard InChI is InChI=1S/C18H26/c1-8-4-11-6-12(8)18-14-7-13(17(11)18)15-9-2-3-10(5-9)16(14)15/h8-18H,2-7H2,1H3. The zero-order chi connectivity index (χ0) is 11.6. The van der Waals surface area contributed by atoms with E-state index >= 15 is 0 Å². The monoisotopic (exact) mass is 242 g/mol. The van der Waals surface area contributed by atoms with Crippen LogP contribution >= 0.6 is 0 Å². The molecule has 0 amide bonds. The molecule has 11 unspecified atom stereocenters. The molecule has 0 aromatic rings. The SMILES string of the molecule is CC1CC2CC1C1C3CC(C4C5CCC(C5)C34)C21. The van der Waals surface area contributed by atoms with E-state index in [-0.39, 0.29) is 0 Å². The Morgan fingerprint density at radius 2 is 1.22 bits per heavy atom. The third-order valence-corrected chi connectivity index (χ3v) is 9.03. The molecule has 0 aromatic heterocycles. The summed E-state index contributed by atoms with van der Waals surface area (Å²) in [6.07, 6.45) is 9.86. The van der Waals surface area contributed by atoms with Gasteiger partial charge in [0.2, 0.25) is 0 Å². The van der Waals surface area contributed by atoms with E-state index in [0.717, 1.165) is 5.92 Å². The maximum atomic E-state index is 2.57. The lowest BCUT2D eigenvalue weighted by molar-refractivity contribution is 0.0123. The second kappa shape index (κ2) is 2.86. The third-order valence-electron chi connectivity index (χ3n) is 9.03. The third kappa shape index (κ3) is 0.852. The van der Waals surface area contributed by atoms with E-state index in [1.54, 1.807) is 38.5 Å². The summed E-state index contributed by atoms with van der Waals surface area (Å²) in [5.41, 5.74) is 0. The van der Waals surface area contributed by atoms with Gasteiger partial charge >= 0.3 is 0 Å². The summed E-state index contributed by atoms with van der Waals surface area (Å²) in [6.45, 7) is 2.57. The fourth-order valence-corrected chi connectivity index (χ4v) is 9.13. The Kier molecular flexibility index (Phi) is 1.56. The molecule has 0 aliphatic heterocycles. The maximum absolute atomic E-state index is 2.57. The lowest BCUT2D eigenvalue weighted by Crippen LogP contribution is -2.42. The molecule has 0 saturated heterocycles. The molecule has 0 heteroatoms. The van der Waals surface area contributed by atoms with E-state index in [4.69, 9.17) is 0 Å². The highest BCUT2D eigenvalue weighted by molar-refractivity contribution is 5.19. The summed E-state index contributed by atoms with van der Waals surface area (Å²) in [5.74, 6) is 13.2. The Morgan fingerprint density at radius 3 is 2.00 bits per heavy atom. The van der Waals surface area contributed by atoms with Crippen LogP contribution in [0.3, 0.4) is 0 Å². The Hall–Kier alpha value is 0. The largest absolute Gasteiger partial charge is 0.0622 e. The van der Waals surface area contributed by atoms with Crippen LogP contribution < -0.4 is 0 Å². The van der Waals surface area contributed by atoms with Crippen molar-refractivity contribution in [3.63, 3.8) is 0 Å². The molecule has 18 heavy (non-hydrogen) atoms. The van der Waals surface area contributed by atoms with E-state index in [1.165, 1.54) is 59.2 Å². The lowest BCUT2D eigenvalue weighted by atomic mass is 9.59. The van der Waals surface area contributed by atoms with Crippen LogP contribution in [0.1, 0.15) is 45.4 Å². The molecule has 0 nitrogen and oxygen atoms in total. The molecule has 6 aliphatic carbocycles. The van der Waals surface area contributed by atoms with Crippen LogP contribution in [0.5, 0.6) is 0 Å². The Labute approximate surface area is 111 Å². The minimum Gasteiger partial charge on any atom is -0.0622 e. The van der Waals surface area contributed by atoms with Crippen molar-refractivity contribution in [2.45, 2.75) is 45.4 Å². The number of rotatable bonds is 0. The maximum Gasteiger partial charge on any atom is -0.0318 e. The molecule has 0 N–H and O–H groups in total. The van der Waals surface area contributed by atoms with E-state index in [2.05, 4.69) is 6.92 Å². The molecule has 0 spiro atoms.